The predicted octanol–water partition coefficient (Wildman–Crippen LogP) is 0.922. The fourth-order valence-corrected chi connectivity index (χ4v) is 3.15. The van der Waals surface area contributed by atoms with Gasteiger partial charge in [0, 0.05) is 38.8 Å². The molecule has 122 valence electrons. The van der Waals surface area contributed by atoms with Crippen molar-refractivity contribution >= 4 is 0 Å². The largest absolute Gasteiger partial charge is 0.493 e. The first-order valence-electron chi connectivity index (χ1n) is 7.71. The molecule has 0 radical (unpaired) electrons. The molecule has 1 fully saturated rings. The standard InChI is InChI=1S/C16H24N2O4/c1-17-4-5-18(10-13(17)3-6-19)9-12-7-14(20-2)16-15(8-12)21-11-22-16/h7-8,13,19H,3-6,9-11H2,1-2H3/t13-/m0/s1. The molecule has 0 bridgehead atoms. The number of piperazine rings is 1. The number of methoxy groups -OCH3 is 1. The van der Waals surface area contributed by atoms with E-state index in [1.165, 1.54) is 0 Å². The van der Waals surface area contributed by atoms with Gasteiger partial charge in [-0.3, -0.25) is 4.90 Å². The van der Waals surface area contributed by atoms with Crippen LogP contribution in [-0.2, 0) is 6.54 Å². The van der Waals surface area contributed by atoms with Crippen molar-refractivity contribution in [2.75, 3.05) is 47.2 Å². The molecular formula is C16H24N2O4. The topological polar surface area (TPSA) is 54.4 Å². The molecule has 0 saturated carbocycles. The van der Waals surface area contributed by atoms with Gasteiger partial charge >= 0.3 is 0 Å². The highest BCUT2D eigenvalue weighted by atomic mass is 16.7. The normalized spacial score (nSPS) is 22.0. The number of aliphatic hydroxyl groups is 1. The SMILES string of the molecule is COc1cc(CN2CCN(C)[C@@H](CCO)C2)cc2c1OCO2. The number of hydrogen-bond donors (Lipinski definition) is 1. The lowest BCUT2D eigenvalue weighted by molar-refractivity contribution is 0.0742. The Morgan fingerprint density at radius 2 is 2.18 bits per heavy atom. The van der Waals surface area contributed by atoms with E-state index in [0.717, 1.165) is 49.7 Å². The summed E-state index contributed by atoms with van der Waals surface area (Å²) in [5.41, 5.74) is 1.16. The molecule has 6 nitrogen and oxygen atoms in total. The van der Waals surface area contributed by atoms with E-state index in [-0.39, 0.29) is 13.4 Å². The van der Waals surface area contributed by atoms with Crippen molar-refractivity contribution in [3.8, 4) is 17.2 Å². The maximum Gasteiger partial charge on any atom is 0.231 e. The number of benzene rings is 1. The van der Waals surface area contributed by atoms with Crippen molar-refractivity contribution in [2.45, 2.75) is 19.0 Å². The van der Waals surface area contributed by atoms with E-state index < -0.39 is 0 Å². The van der Waals surface area contributed by atoms with Gasteiger partial charge in [-0.15, -0.1) is 0 Å². The van der Waals surface area contributed by atoms with Crippen LogP contribution in [0.4, 0.5) is 0 Å². The Kier molecular flexibility index (Phi) is 4.71. The number of likely N-dealkylation sites (N-methyl/N-ethyl adjacent to an activating group) is 1. The third kappa shape index (κ3) is 3.14. The zero-order valence-electron chi connectivity index (χ0n) is 13.2. The minimum Gasteiger partial charge on any atom is -0.493 e. The van der Waals surface area contributed by atoms with E-state index in [9.17, 15) is 5.11 Å². The van der Waals surface area contributed by atoms with E-state index in [0.29, 0.717) is 11.8 Å². The monoisotopic (exact) mass is 308 g/mol. The fraction of sp³-hybridized carbons (Fsp3) is 0.625. The molecule has 1 N–H and O–H groups in total. The van der Waals surface area contributed by atoms with Gasteiger partial charge in [0.1, 0.15) is 0 Å². The van der Waals surface area contributed by atoms with Crippen molar-refractivity contribution < 1.29 is 19.3 Å². The Labute approximate surface area is 131 Å². The maximum absolute atomic E-state index is 9.19. The van der Waals surface area contributed by atoms with E-state index in [1.807, 2.05) is 12.1 Å². The van der Waals surface area contributed by atoms with Crippen molar-refractivity contribution in [1.82, 2.24) is 9.80 Å². The summed E-state index contributed by atoms with van der Waals surface area (Å²) in [6, 6.07) is 4.46. The summed E-state index contributed by atoms with van der Waals surface area (Å²) >= 11 is 0. The molecule has 2 aliphatic heterocycles. The molecule has 1 aromatic rings. The van der Waals surface area contributed by atoms with E-state index in [4.69, 9.17) is 14.2 Å². The van der Waals surface area contributed by atoms with E-state index >= 15 is 0 Å². The van der Waals surface area contributed by atoms with Crippen LogP contribution in [0.3, 0.4) is 0 Å². The first-order valence-corrected chi connectivity index (χ1v) is 7.71. The second-order valence-corrected chi connectivity index (χ2v) is 5.91. The average Bonchev–Trinajstić information content (AvgIpc) is 2.98. The number of hydrogen-bond acceptors (Lipinski definition) is 6. The van der Waals surface area contributed by atoms with Crippen LogP contribution in [0.2, 0.25) is 0 Å². The van der Waals surface area contributed by atoms with Crippen molar-refractivity contribution in [3.05, 3.63) is 17.7 Å². The lowest BCUT2D eigenvalue weighted by Crippen LogP contribution is -2.51. The van der Waals surface area contributed by atoms with Gasteiger partial charge < -0.3 is 24.2 Å². The molecule has 1 saturated heterocycles. The predicted molar refractivity (Wildman–Crippen MR) is 82.5 cm³/mol. The van der Waals surface area contributed by atoms with Crippen LogP contribution in [0.25, 0.3) is 0 Å². The van der Waals surface area contributed by atoms with Crippen LogP contribution in [0.1, 0.15) is 12.0 Å². The minimum atomic E-state index is 0.237. The van der Waals surface area contributed by atoms with E-state index in [2.05, 4.69) is 16.8 Å². The molecule has 1 atom stereocenters. The van der Waals surface area contributed by atoms with Crippen molar-refractivity contribution in [1.29, 1.82) is 0 Å². The molecule has 0 aliphatic carbocycles. The van der Waals surface area contributed by atoms with Gasteiger partial charge in [0.2, 0.25) is 12.5 Å². The van der Waals surface area contributed by atoms with Crippen LogP contribution in [0.5, 0.6) is 17.2 Å². The van der Waals surface area contributed by atoms with Crippen LogP contribution in [0.15, 0.2) is 12.1 Å². The summed E-state index contributed by atoms with van der Waals surface area (Å²) in [4.78, 5) is 4.74. The van der Waals surface area contributed by atoms with Crippen LogP contribution in [-0.4, -0.2) is 68.1 Å². The van der Waals surface area contributed by atoms with Crippen molar-refractivity contribution in [3.63, 3.8) is 0 Å². The number of rotatable bonds is 5. The van der Waals surface area contributed by atoms with Gasteiger partial charge in [0.05, 0.1) is 7.11 Å². The van der Waals surface area contributed by atoms with Crippen LogP contribution >= 0.6 is 0 Å². The Balaban J connectivity index is 1.70. The summed E-state index contributed by atoms with van der Waals surface area (Å²) in [6.07, 6.45) is 0.817. The minimum absolute atomic E-state index is 0.237. The molecular weight excluding hydrogens is 284 g/mol. The van der Waals surface area contributed by atoms with Crippen LogP contribution < -0.4 is 14.2 Å². The quantitative estimate of drug-likeness (QED) is 0.873. The Bertz CT molecular complexity index is 523. The zero-order chi connectivity index (χ0) is 15.5. The molecule has 0 amide bonds. The van der Waals surface area contributed by atoms with Gasteiger partial charge in [0.15, 0.2) is 11.5 Å². The summed E-state index contributed by atoms with van der Waals surface area (Å²) in [6.45, 7) is 4.35. The average molecular weight is 308 g/mol. The Hall–Kier alpha value is -1.50. The van der Waals surface area contributed by atoms with Gasteiger partial charge in [-0.25, -0.2) is 0 Å². The molecule has 6 heteroatoms. The summed E-state index contributed by atoms with van der Waals surface area (Å²) in [7, 11) is 3.77. The van der Waals surface area contributed by atoms with Gasteiger partial charge in [-0.05, 0) is 31.2 Å². The molecule has 2 aliphatic rings. The number of aliphatic hydroxyl groups excluding tert-OH is 1. The molecule has 22 heavy (non-hydrogen) atoms. The molecule has 2 heterocycles. The van der Waals surface area contributed by atoms with Crippen molar-refractivity contribution in [2.24, 2.45) is 0 Å². The third-order valence-electron chi connectivity index (χ3n) is 4.45. The molecule has 0 spiro atoms. The zero-order valence-corrected chi connectivity index (χ0v) is 13.2. The smallest absolute Gasteiger partial charge is 0.231 e. The number of fused-ring (bicyclic) bond motifs is 1. The maximum atomic E-state index is 9.19. The lowest BCUT2D eigenvalue weighted by Gasteiger charge is -2.39. The summed E-state index contributed by atoms with van der Waals surface area (Å²) in [5.74, 6) is 2.18. The molecule has 0 aromatic heterocycles. The summed E-state index contributed by atoms with van der Waals surface area (Å²) < 4.78 is 16.3. The first kappa shape index (κ1) is 15.4. The Morgan fingerprint density at radius 1 is 1.32 bits per heavy atom. The highest BCUT2D eigenvalue weighted by Gasteiger charge is 2.25. The van der Waals surface area contributed by atoms with Gasteiger partial charge in [0.25, 0.3) is 0 Å². The fourth-order valence-electron chi connectivity index (χ4n) is 3.15. The highest BCUT2D eigenvalue weighted by Crippen LogP contribution is 2.42. The van der Waals surface area contributed by atoms with E-state index in [1.54, 1.807) is 7.11 Å². The number of nitrogens with zero attached hydrogens (tertiary/aromatic N) is 2. The lowest BCUT2D eigenvalue weighted by atomic mass is 10.1. The second kappa shape index (κ2) is 6.73. The first-order chi connectivity index (χ1) is 10.7. The number of ether oxygens (including phenoxy) is 3. The Morgan fingerprint density at radius 3 is 2.95 bits per heavy atom. The second-order valence-electron chi connectivity index (χ2n) is 5.91. The third-order valence-corrected chi connectivity index (χ3v) is 4.45. The summed E-state index contributed by atoms with van der Waals surface area (Å²) in [5, 5.41) is 9.19. The molecule has 3 rings (SSSR count). The molecule has 0 unspecified atom stereocenters. The van der Waals surface area contributed by atoms with Gasteiger partial charge in [-0.1, -0.05) is 0 Å². The highest BCUT2D eigenvalue weighted by molar-refractivity contribution is 5.55. The van der Waals surface area contributed by atoms with Crippen LogP contribution in [0, 0.1) is 0 Å². The molecule has 1 aromatic carbocycles. The van der Waals surface area contributed by atoms with Gasteiger partial charge in [-0.2, -0.15) is 0 Å².